The molecule has 0 bridgehead atoms. The van der Waals surface area contributed by atoms with Crippen molar-refractivity contribution in [2.24, 2.45) is 29.6 Å². The van der Waals surface area contributed by atoms with Crippen molar-refractivity contribution in [1.29, 1.82) is 0 Å². The van der Waals surface area contributed by atoms with Crippen LogP contribution in [-0.4, -0.2) is 24.6 Å². The van der Waals surface area contributed by atoms with E-state index in [-0.39, 0.29) is 29.9 Å². The van der Waals surface area contributed by atoms with E-state index in [2.05, 4.69) is 71.9 Å². The molecule has 4 nitrogen and oxygen atoms in total. The van der Waals surface area contributed by atoms with Gasteiger partial charge in [0.15, 0.2) is 0 Å². The van der Waals surface area contributed by atoms with Gasteiger partial charge in [-0.2, -0.15) is 0 Å². The maximum Gasteiger partial charge on any atom is 0.308 e. The predicted octanol–water partition coefficient (Wildman–Crippen LogP) is 8.96. The van der Waals surface area contributed by atoms with Crippen LogP contribution in [0.2, 0.25) is 0 Å². The number of hydrogen-bond acceptors (Lipinski definition) is 4. The number of esters is 2. The summed E-state index contributed by atoms with van der Waals surface area (Å²) in [6.45, 7) is 24.7. The first kappa shape index (κ1) is 37.7. The highest BCUT2D eigenvalue weighted by molar-refractivity contribution is 5.71. The van der Waals surface area contributed by atoms with Gasteiger partial charge in [0.2, 0.25) is 0 Å². The zero-order chi connectivity index (χ0) is 27.8. The fourth-order valence-corrected chi connectivity index (χ4v) is 2.11. The quantitative estimate of drug-likeness (QED) is 0.189. The lowest BCUT2D eigenvalue weighted by Gasteiger charge is -2.08. The topological polar surface area (TPSA) is 52.6 Å². The molecule has 0 aliphatic carbocycles. The van der Waals surface area contributed by atoms with E-state index in [4.69, 9.17) is 9.47 Å². The molecule has 0 heterocycles. The second-order valence-electron chi connectivity index (χ2n) is 11.0. The van der Waals surface area contributed by atoms with E-state index in [9.17, 15) is 9.59 Å². The minimum atomic E-state index is -0.130. The largest absolute Gasteiger partial charge is 0.463 e. The van der Waals surface area contributed by atoms with Crippen molar-refractivity contribution in [3.8, 4) is 0 Å². The molecule has 0 fully saturated rings. The molecule has 0 aliphatic heterocycles. The lowest BCUT2D eigenvalue weighted by Crippen LogP contribution is -2.16. The summed E-state index contributed by atoms with van der Waals surface area (Å²) in [4.78, 5) is 21.7. The van der Waals surface area contributed by atoms with Gasteiger partial charge in [-0.3, -0.25) is 9.59 Å². The van der Waals surface area contributed by atoms with Crippen molar-refractivity contribution >= 4 is 11.9 Å². The Morgan fingerprint density at radius 1 is 0.543 bits per heavy atom. The Morgan fingerprint density at radius 3 is 1.20 bits per heavy atom. The number of rotatable bonds is 13. The molecule has 4 heteroatoms. The maximum absolute atomic E-state index is 11.0. The van der Waals surface area contributed by atoms with Gasteiger partial charge in [0.25, 0.3) is 0 Å². The van der Waals surface area contributed by atoms with Gasteiger partial charge in [-0.1, -0.05) is 106 Å². The first-order valence-electron chi connectivity index (χ1n) is 13.5. The summed E-state index contributed by atoms with van der Waals surface area (Å²) in [5.74, 6) is 1.95. The molecule has 0 unspecified atom stereocenters. The smallest absolute Gasteiger partial charge is 0.308 e. The van der Waals surface area contributed by atoms with Crippen LogP contribution in [-0.2, 0) is 19.1 Å². The molecular weight excluding hydrogens is 436 g/mol. The monoisotopic (exact) mass is 494 g/mol. The predicted molar refractivity (Wildman–Crippen MR) is 152 cm³/mol. The molecule has 0 saturated heterocycles. The zero-order valence-corrected chi connectivity index (χ0v) is 25.1. The average Bonchev–Trinajstić information content (AvgIpc) is 2.72. The molecule has 0 amide bonds. The highest BCUT2D eigenvalue weighted by atomic mass is 16.5. The molecule has 206 valence electrons. The molecule has 0 radical (unpaired) electrons. The molecular formula is C31H58O4. The summed E-state index contributed by atoms with van der Waals surface area (Å²) in [5, 5.41) is 0. The van der Waals surface area contributed by atoms with Crippen molar-refractivity contribution < 1.29 is 19.1 Å². The third-order valence-corrected chi connectivity index (χ3v) is 4.21. The molecule has 0 atom stereocenters. The Morgan fingerprint density at radius 2 is 0.914 bits per heavy atom. The Kier molecular flexibility index (Phi) is 27.2. The normalized spacial score (nSPS) is 11.7. The molecule has 0 saturated carbocycles. The van der Waals surface area contributed by atoms with Crippen molar-refractivity contribution in [2.75, 3.05) is 6.61 Å². The number of allylic oxidation sites excluding steroid dienone is 5. The van der Waals surface area contributed by atoms with E-state index in [1.54, 1.807) is 0 Å². The highest BCUT2D eigenvalue weighted by Crippen LogP contribution is 2.03. The fourth-order valence-electron chi connectivity index (χ4n) is 2.11. The van der Waals surface area contributed by atoms with E-state index in [0.29, 0.717) is 12.5 Å². The summed E-state index contributed by atoms with van der Waals surface area (Å²) >= 11 is 0. The molecule has 0 aromatic heterocycles. The summed E-state index contributed by atoms with van der Waals surface area (Å²) in [6.07, 6.45) is 17.6. The Bertz CT molecular complexity index is 561. The number of carbonyl (C=O) groups is 2. The van der Waals surface area contributed by atoms with Gasteiger partial charge in [0, 0.05) is 0 Å². The van der Waals surface area contributed by atoms with E-state index in [1.807, 2.05) is 47.6 Å². The lowest BCUT2D eigenvalue weighted by atomic mass is 10.1. The Hall–Kier alpha value is -1.84. The van der Waals surface area contributed by atoms with Gasteiger partial charge in [0.1, 0.15) is 6.61 Å². The second-order valence-corrected chi connectivity index (χ2v) is 11.0. The second kappa shape index (κ2) is 25.3. The molecule has 0 aliphatic rings. The highest BCUT2D eigenvalue weighted by Gasteiger charge is 2.09. The van der Waals surface area contributed by atoms with Gasteiger partial charge in [-0.15, -0.1) is 0 Å². The van der Waals surface area contributed by atoms with Crippen molar-refractivity contribution in [3.05, 3.63) is 36.5 Å². The van der Waals surface area contributed by atoms with Crippen LogP contribution in [0.1, 0.15) is 109 Å². The number of hydrogen-bond donors (Lipinski definition) is 0. The van der Waals surface area contributed by atoms with Crippen LogP contribution >= 0.6 is 0 Å². The fraction of sp³-hybridized carbons (Fsp3) is 0.742. The van der Waals surface area contributed by atoms with Gasteiger partial charge in [0.05, 0.1) is 17.9 Å². The van der Waals surface area contributed by atoms with Gasteiger partial charge >= 0.3 is 11.9 Å². The van der Waals surface area contributed by atoms with E-state index >= 15 is 0 Å². The van der Waals surface area contributed by atoms with Crippen molar-refractivity contribution in [2.45, 2.75) is 115 Å². The van der Waals surface area contributed by atoms with Crippen molar-refractivity contribution in [1.82, 2.24) is 0 Å². The summed E-state index contributed by atoms with van der Waals surface area (Å²) in [7, 11) is 0. The SMILES string of the molecule is CC(C)C/C=C\C/C=C\CC(C)C.CC(C)C/C=C\COC(=O)C(C)C.CC(C)OC(=O)C(C)C. The van der Waals surface area contributed by atoms with Crippen LogP contribution in [0.25, 0.3) is 0 Å². The van der Waals surface area contributed by atoms with E-state index < -0.39 is 0 Å². The van der Waals surface area contributed by atoms with Crippen LogP contribution in [0, 0.1) is 29.6 Å². The van der Waals surface area contributed by atoms with Gasteiger partial charge in [-0.05, 0) is 57.3 Å². The number of ether oxygens (including phenoxy) is 2. The lowest BCUT2D eigenvalue weighted by molar-refractivity contribution is -0.151. The molecule has 35 heavy (non-hydrogen) atoms. The first-order valence-corrected chi connectivity index (χ1v) is 13.5. The van der Waals surface area contributed by atoms with Crippen LogP contribution in [0.4, 0.5) is 0 Å². The van der Waals surface area contributed by atoms with E-state index in [1.165, 1.54) is 12.8 Å². The molecule has 0 aromatic carbocycles. The Balaban J connectivity index is -0.000000448. The zero-order valence-electron chi connectivity index (χ0n) is 25.1. The third kappa shape index (κ3) is 36.9. The van der Waals surface area contributed by atoms with Crippen LogP contribution < -0.4 is 0 Å². The van der Waals surface area contributed by atoms with Crippen LogP contribution in [0.3, 0.4) is 0 Å². The minimum Gasteiger partial charge on any atom is -0.463 e. The van der Waals surface area contributed by atoms with Gasteiger partial charge in [-0.25, -0.2) is 0 Å². The molecule has 0 N–H and O–H groups in total. The van der Waals surface area contributed by atoms with Gasteiger partial charge < -0.3 is 9.47 Å². The summed E-state index contributed by atoms with van der Waals surface area (Å²) in [6, 6.07) is 0. The minimum absolute atomic E-state index is 0.00704. The van der Waals surface area contributed by atoms with Crippen molar-refractivity contribution in [3.63, 3.8) is 0 Å². The summed E-state index contributed by atoms with van der Waals surface area (Å²) in [5.41, 5.74) is 0. The standard InChI is InChI=1S/C13H24.C11H20O2.C7H14O2/c1-12(2)10-8-6-5-7-9-11-13(3)4;1-9(2)7-5-6-8-13-11(12)10(3)4;1-5(2)7(8)9-6(3)4/h6-9,12-13H,5,10-11H2,1-4H3;5-6,9-10H,7-8H2,1-4H3;5-6H,1-4H3/b8-6-,9-7-;6-5-;. The van der Waals surface area contributed by atoms with Crippen LogP contribution in [0.15, 0.2) is 36.5 Å². The summed E-state index contributed by atoms with van der Waals surface area (Å²) < 4.78 is 9.83. The average molecular weight is 495 g/mol. The van der Waals surface area contributed by atoms with Crippen LogP contribution in [0.5, 0.6) is 0 Å². The first-order chi connectivity index (χ1) is 16.2. The molecule has 0 rings (SSSR count). The van der Waals surface area contributed by atoms with E-state index in [0.717, 1.165) is 24.7 Å². The number of carbonyl (C=O) groups excluding carboxylic acids is 2. The maximum atomic E-state index is 11.0. The Labute approximate surface area is 218 Å². The molecule has 0 aromatic rings. The third-order valence-electron chi connectivity index (χ3n) is 4.21. The molecule has 0 spiro atoms.